The predicted octanol–water partition coefficient (Wildman–Crippen LogP) is 5.46. The molecule has 2 aromatic carbocycles. The molecule has 8 nitrogen and oxygen atoms in total. The summed E-state index contributed by atoms with van der Waals surface area (Å²) in [6, 6.07) is 12.7. The highest BCUT2D eigenvalue weighted by Gasteiger charge is 2.28. The number of aromatic nitrogens is 3. The highest BCUT2D eigenvalue weighted by molar-refractivity contribution is 7.93. The van der Waals surface area contributed by atoms with Crippen molar-refractivity contribution in [3.63, 3.8) is 0 Å². The summed E-state index contributed by atoms with van der Waals surface area (Å²) in [7, 11) is -1.30. The summed E-state index contributed by atoms with van der Waals surface area (Å²) in [6.45, 7) is 12.3. The zero-order chi connectivity index (χ0) is 26.4. The number of sulfonamides is 1. The van der Waals surface area contributed by atoms with E-state index in [1.54, 1.807) is 22.9 Å². The molecule has 0 radical (unpaired) electrons. The lowest BCUT2D eigenvalue weighted by molar-refractivity contribution is 0.373. The molecule has 0 aliphatic carbocycles. The van der Waals surface area contributed by atoms with Crippen molar-refractivity contribution in [2.45, 2.75) is 51.9 Å². The van der Waals surface area contributed by atoms with Crippen LogP contribution in [0.3, 0.4) is 0 Å². The number of hydrogen-bond donors (Lipinski definition) is 1. The molecule has 0 spiro atoms. The molecule has 0 atom stereocenters. The van der Waals surface area contributed by atoms with Crippen molar-refractivity contribution in [2.75, 3.05) is 18.9 Å². The van der Waals surface area contributed by atoms with Crippen LogP contribution in [0.1, 0.15) is 43.2 Å². The number of aryl methyl sites for hydroxylation is 3. The Bertz CT molecular complexity index is 1520. The first-order chi connectivity index (χ1) is 16.9. The summed E-state index contributed by atoms with van der Waals surface area (Å²) >= 11 is 0. The molecule has 0 aliphatic heterocycles. The third-order valence-electron chi connectivity index (χ3n) is 6.03. The van der Waals surface area contributed by atoms with Crippen LogP contribution in [0, 0.1) is 20.8 Å². The van der Waals surface area contributed by atoms with Crippen molar-refractivity contribution in [3.05, 3.63) is 64.8 Å². The second kappa shape index (κ2) is 9.13. The van der Waals surface area contributed by atoms with Gasteiger partial charge in [0.2, 0.25) is 0 Å². The molecule has 4 rings (SSSR count). The molecule has 9 heteroatoms. The molecule has 190 valence electrons. The number of benzene rings is 2. The van der Waals surface area contributed by atoms with Gasteiger partial charge < -0.3 is 9.47 Å². The van der Waals surface area contributed by atoms with E-state index in [0.29, 0.717) is 11.0 Å². The maximum absolute atomic E-state index is 13.6. The van der Waals surface area contributed by atoms with Gasteiger partial charge in [0.1, 0.15) is 11.5 Å². The maximum atomic E-state index is 13.6. The smallest absolute Gasteiger partial charge is 0.270 e. The van der Waals surface area contributed by atoms with Crippen LogP contribution in [0.25, 0.3) is 16.7 Å². The molecule has 0 saturated heterocycles. The lowest BCUT2D eigenvalue weighted by Crippen LogP contribution is -2.16. The number of anilines is 1. The fraction of sp³-hybridized carbons (Fsp3) is 0.333. The third kappa shape index (κ3) is 4.51. The van der Waals surface area contributed by atoms with Crippen molar-refractivity contribution in [3.8, 4) is 17.2 Å². The van der Waals surface area contributed by atoms with Crippen LogP contribution in [-0.2, 0) is 15.4 Å². The normalized spacial score (nSPS) is 12.1. The standard InChI is InChI=1S/C27H32N4O4S/c1-16-14-17(2)23(18(3)15-16)31-26-19(12-13-22(28-26)27(4,5)6)25(29-31)30-36(32,33)24-20(34-7)10-9-11-21(24)35-8/h9-15H,1-8H3,(H,29,30). The fourth-order valence-corrected chi connectivity index (χ4v) is 5.75. The first-order valence-corrected chi connectivity index (χ1v) is 13.1. The van der Waals surface area contributed by atoms with Gasteiger partial charge in [-0.05, 0) is 56.2 Å². The second-order valence-electron chi connectivity index (χ2n) is 9.92. The van der Waals surface area contributed by atoms with E-state index in [4.69, 9.17) is 19.6 Å². The van der Waals surface area contributed by atoms with Crippen molar-refractivity contribution in [1.82, 2.24) is 14.8 Å². The van der Waals surface area contributed by atoms with Gasteiger partial charge in [0.25, 0.3) is 10.0 Å². The van der Waals surface area contributed by atoms with Crippen LogP contribution in [0.4, 0.5) is 5.82 Å². The number of hydrogen-bond acceptors (Lipinski definition) is 6. The number of pyridine rings is 1. The number of nitrogens with one attached hydrogen (secondary N) is 1. The van der Waals surface area contributed by atoms with Crippen LogP contribution in [0.15, 0.2) is 47.4 Å². The molecule has 2 aromatic heterocycles. The fourth-order valence-electron chi connectivity index (χ4n) is 4.41. The Morgan fingerprint density at radius 1 is 0.917 bits per heavy atom. The minimum Gasteiger partial charge on any atom is -0.495 e. The minimum absolute atomic E-state index is 0.0975. The number of methoxy groups -OCH3 is 2. The van der Waals surface area contributed by atoms with Crippen molar-refractivity contribution in [1.29, 1.82) is 0 Å². The Kier molecular flexibility index (Phi) is 6.47. The average molecular weight is 509 g/mol. The molecule has 0 amide bonds. The van der Waals surface area contributed by atoms with E-state index >= 15 is 0 Å². The number of nitrogens with zero attached hydrogens (tertiary/aromatic N) is 3. The molecule has 0 unspecified atom stereocenters. The first kappa shape index (κ1) is 25.5. The van der Waals surface area contributed by atoms with Gasteiger partial charge in [0.15, 0.2) is 16.4 Å². The van der Waals surface area contributed by atoms with Crippen LogP contribution < -0.4 is 14.2 Å². The van der Waals surface area contributed by atoms with E-state index in [1.165, 1.54) is 14.2 Å². The summed E-state index contributed by atoms with van der Waals surface area (Å²) < 4.78 is 42.3. The third-order valence-corrected chi connectivity index (χ3v) is 7.43. The van der Waals surface area contributed by atoms with Gasteiger partial charge in [-0.15, -0.1) is 5.10 Å². The Labute approximate surface area is 212 Å². The van der Waals surface area contributed by atoms with Gasteiger partial charge in [0, 0.05) is 11.1 Å². The van der Waals surface area contributed by atoms with Crippen molar-refractivity contribution < 1.29 is 17.9 Å². The van der Waals surface area contributed by atoms with Crippen LogP contribution in [0.5, 0.6) is 11.5 Å². The molecular weight excluding hydrogens is 476 g/mol. The Morgan fingerprint density at radius 2 is 1.50 bits per heavy atom. The largest absolute Gasteiger partial charge is 0.495 e. The van der Waals surface area contributed by atoms with Gasteiger partial charge in [-0.3, -0.25) is 4.72 Å². The van der Waals surface area contributed by atoms with E-state index in [1.807, 2.05) is 32.9 Å². The molecule has 2 heterocycles. The zero-order valence-electron chi connectivity index (χ0n) is 21.9. The second-order valence-corrected chi connectivity index (χ2v) is 11.5. The SMILES string of the molecule is COc1cccc(OC)c1S(=O)(=O)Nc1nn(-c2c(C)cc(C)cc2C)c2nc(C(C)(C)C)ccc12. The van der Waals surface area contributed by atoms with E-state index in [2.05, 4.69) is 37.6 Å². The van der Waals surface area contributed by atoms with Crippen molar-refractivity contribution >= 4 is 26.9 Å². The molecular formula is C27H32N4O4S. The zero-order valence-corrected chi connectivity index (χ0v) is 22.7. The van der Waals surface area contributed by atoms with E-state index < -0.39 is 10.0 Å². The number of rotatable bonds is 6. The summed E-state index contributed by atoms with van der Waals surface area (Å²) in [5.74, 6) is 0.512. The lowest BCUT2D eigenvalue weighted by Gasteiger charge is -2.18. The highest BCUT2D eigenvalue weighted by atomic mass is 32.2. The molecule has 36 heavy (non-hydrogen) atoms. The summed E-state index contributed by atoms with van der Waals surface area (Å²) in [5.41, 5.74) is 5.27. The van der Waals surface area contributed by atoms with Crippen LogP contribution in [0.2, 0.25) is 0 Å². The van der Waals surface area contributed by atoms with Crippen LogP contribution >= 0.6 is 0 Å². The van der Waals surface area contributed by atoms with Gasteiger partial charge >= 0.3 is 0 Å². The minimum atomic E-state index is -4.13. The highest BCUT2D eigenvalue weighted by Crippen LogP contribution is 2.36. The summed E-state index contributed by atoms with van der Waals surface area (Å²) in [5, 5.41) is 5.32. The van der Waals surface area contributed by atoms with Gasteiger partial charge in [-0.25, -0.2) is 18.1 Å². The Hall–Kier alpha value is -3.59. The van der Waals surface area contributed by atoms with E-state index in [-0.39, 0.29) is 27.6 Å². The molecule has 0 bridgehead atoms. The van der Waals surface area contributed by atoms with Gasteiger partial charge in [-0.1, -0.05) is 44.5 Å². The Morgan fingerprint density at radius 3 is 2.03 bits per heavy atom. The molecule has 1 N–H and O–H groups in total. The number of ether oxygens (including phenoxy) is 2. The van der Waals surface area contributed by atoms with E-state index in [9.17, 15) is 8.42 Å². The predicted molar refractivity (Wildman–Crippen MR) is 142 cm³/mol. The molecule has 0 saturated carbocycles. The molecule has 4 aromatic rings. The Balaban J connectivity index is 1.97. The molecule has 0 fully saturated rings. The van der Waals surface area contributed by atoms with Crippen LogP contribution in [-0.4, -0.2) is 37.4 Å². The first-order valence-electron chi connectivity index (χ1n) is 11.6. The summed E-state index contributed by atoms with van der Waals surface area (Å²) in [4.78, 5) is 4.84. The van der Waals surface area contributed by atoms with Crippen molar-refractivity contribution in [2.24, 2.45) is 0 Å². The monoisotopic (exact) mass is 508 g/mol. The summed E-state index contributed by atoms with van der Waals surface area (Å²) in [6.07, 6.45) is 0. The lowest BCUT2D eigenvalue weighted by atomic mass is 9.91. The number of fused-ring (bicyclic) bond motifs is 1. The van der Waals surface area contributed by atoms with Gasteiger partial charge in [0.05, 0.1) is 25.3 Å². The average Bonchev–Trinajstić information content (AvgIpc) is 3.13. The quantitative estimate of drug-likeness (QED) is 0.372. The van der Waals surface area contributed by atoms with Gasteiger partial charge in [-0.2, -0.15) is 0 Å². The topological polar surface area (TPSA) is 95.3 Å². The molecule has 0 aliphatic rings. The van der Waals surface area contributed by atoms with E-state index in [0.717, 1.165) is 28.1 Å². The maximum Gasteiger partial charge on any atom is 0.270 e.